The first-order valence-electron chi connectivity index (χ1n) is 9.15. The quantitative estimate of drug-likeness (QED) is 0.604. The Morgan fingerprint density at radius 3 is 2.66 bits per heavy atom. The molecule has 3 N–H and O–H groups in total. The van der Waals surface area contributed by atoms with Gasteiger partial charge in [0.2, 0.25) is 0 Å². The number of hydrogen-bond acceptors (Lipinski definition) is 7. The third-order valence-corrected chi connectivity index (χ3v) is 5.62. The molecule has 2 aromatic rings. The van der Waals surface area contributed by atoms with Gasteiger partial charge in [-0.3, -0.25) is 14.4 Å². The number of esters is 1. The zero-order valence-electron chi connectivity index (χ0n) is 16.0. The van der Waals surface area contributed by atoms with E-state index >= 15 is 0 Å². The van der Waals surface area contributed by atoms with Crippen LogP contribution in [0, 0.1) is 0 Å². The fourth-order valence-corrected chi connectivity index (χ4v) is 4.43. The molecule has 0 aliphatic heterocycles. The van der Waals surface area contributed by atoms with E-state index in [0.29, 0.717) is 22.1 Å². The molecule has 1 aromatic carbocycles. The van der Waals surface area contributed by atoms with E-state index in [9.17, 15) is 14.4 Å². The molecule has 154 valence electrons. The molecule has 0 bridgehead atoms. The van der Waals surface area contributed by atoms with E-state index in [-0.39, 0.29) is 13.0 Å². The van der Waals surface area contributed by atoms with Crippen molar-refractivity contribution in [2.45, 2.75) is 25.7 Å². The number of rotatable bonds is 9. The predicted molar refractivity (Wildman–Crippen MR) is 108 cm³/mol. The number of nitrogens with two attached hydrogens (primary N) is 1. The van der Waals surface area contributed by atoms with Crippen LogP contribution in [-0.4, -0.2) is 38.1 Å². The van der Waals surface area contributed by atoms with Gasteiger partial charge in [-0.1, -0.05) is 12.1 Å². The summed E-state index contributed by atoms with van der Waals surface area (Å²) in [4.78, 5) is 36.8. The van der Waals surface area contributed by atoms with Crippen molar-refractivity contribution < 1.29 is 28.6 Å². The van der Waals surface area contributed by atoms with E-state index in [4.69, 9.17) is 19.9 Å². The Morgan fingerprint density at radius 1 is 1.17 bits per heavy atom. The van der Waals surface area contributed by atoms with Crippen molar-refractivity contribution in [1.82, 2.24) is 0 Å². The van der Waals surface area contributed by atoms with Gasteiger partial charge in [0.25, 0.3) is 11.8 Å². The van der Waals surface area contributed by atoms with Gasteiger partial charge in [-0.25, -0.2) is 0 Å². The smallest absolute Gasteiger partial charge is 0.309 e. The fourth-order valence-electron chi connectivity index (χ4n) is 3.12. The highest BCUT2D eigenvalue weighted by molar-refractivity contribution is 7.17. The van der Waals surface area contributed by atoms with E-state index in [2.05, 4.69) is 5.32 Å². The Bertz CT molecular complexity index is 924. The van der Waals surface area contributed by atoms with Crippen LogP contribution in [0.2, 0.25) is 0 Å². The van der Waals surface area contributed by atoms with E-state index in [1.54, 1.807) is 18.2 Å². The molecule has 1 aliphatic rings. The second-order valence-electron chi connectivity index (χ2n) is 6.38. The zero-order chi connectivity index (χ0) is 20.8. The maximum atomic E-state index is 12.1. The monoisotopic (exact) mass is 418 g/mol. The van der Waals surface area contributed by atoms with Gasteiger partial charge in [-0.05, 0) is 37.0 Å². The van der Waals surface area contributed by atoms with Crippen LogP contribution in [-0.2, 0) is 27.2 Å². The summed E-state index contributed by atoms with van der Waals surface area (Å²) < 4.78 is 15.6. The number of carbonyl (C=O) groups excluding carboxylic acids is 3. The molecule has 0 unspecified atom stereocenters. The number of aryl methyl sites for hydroxylation is 1. The molecule has 2 amide bonds. The Kier molecular flexibility index (Phi) is 6.71. The average Bonchev–Trinajstić information content (AvgIpc) is 3.27. The molecule has 8 nitrogen and oxygen atoms in total. The van der Waals surface area contributed by atoms with Gasteiger partial charge >= 0.3 is 5.97 Å². The van der Waals surface area contributed by atoms with Crippen molar-refractivity contribution >= 4 is 34.1 Å². The van der Waals surface area contributed by atoms with Crippen molar-refractivity contribution in [3.8, 4) is 11.5 Å². The van der Waals surface area contributed by atoms with Crippen LogP contribution in [0.4, 0.5) is 5.00 Å². The summed E-state index contributed by atoms with van der Waals surface area (Å²) in [5.74, 6) is -0.575. The molecule has 0 atom stereocenters. The molecular formula is C20H22N2O6S. The molecule has 1 aliphatic carbocycles. The van der Waals surface area contributed by atoms with Crippen LogP contribution in [0.3, 0.4) is 0 Å². The third kappa shape index (κ3) is 5.05. The van der Waals surface area contributed by atoms with Gasteiger partial charge in [0, 0.05) is 4.88 Å². The number of methoxy groups -OCH3 is 1. The predicted octanol–water partition coefficient (Wildman–Crippen LogP) is 2.30. The first-order valence-corrected chi connectivity index (χ1v) is 9.97. The molecule has 0 radical (unpaired) electrons. The average molecular weight is 418 g/mol. The number of anilines is 1. The van der Waals surface area contributed by atoms with E-state index in [0.717, 1.165) is 29.7 Å². The summed E-state index contributed by atoms with van der Waals surface area (Å²) in [7, 11) is 1.53. The van der Waals surface area contributed by atoms with Gasteiger partial charge in [-0.15, -0.1) is 11.3 Å². The Hall–Kier alpha value is -3.07. The maximum absolute atomic E-state index is 12.1. The first-order chi connectivity index (χ1) is 14.0. The summed E-state index contributed by atoms with van der Waals surface area (Å²) in [5.41, 5.74) is 6.75. The van der Waals surface area contributed by atoms with Crippen LogP contribution >= 0.6 is 11.3 Å². The summed E-state index contributed by atoms with van der Waals surface area (Å²) in [6.07, 6.45) is 2.61. The lowest BCUT2D eigenvalue weighted by Crippen LogP contribution is -2.23. The Labute approximate surface area is 171 Å². The lowest BCUT2D eigenvalue weighted by Gasteiger charge is -2.10. The standard InChI is InChI=1S/C20H22N2O6S/c1-26-13-6-2-3-7-14(13)27-10-9-17(24)28-11-16(23)22-20-18(19(21)25)12-5-4-8-15(12)29-20/h2-3,6-7H,4-5,8-11H2,1H3,(H2,21,25)(H,22,23). The maximum Gasteiger partial charge on any atom is 0.309 e. The molecular weight excluding hydrogens is 396 g/mol. The highest BCUT2D eigenvalue weighted by Gasteiger charge is 2.26. The van der Waals surface area contributed by atoms with Gasteiger partial charge in [0.15, 0.2) is 18.1 Å². The summed E-state index contributed by atoms with van der Waals surface area (Å²) in [5, 5.41) is 3.05. The van der Waals surface area contributed by atoms with Crippen LogP contribution in [0.15, 0.2) is 24.3 Å². The van der Waals surface area contributed by atoms with Crippen molar-refractivity contribution in [3.63, 3.8) is 0 Å². The van der Waals surface area contributed by atoms with Crippen LogP contribution in [0.1, 0.15) is 33.6 Å². The lowest BCUT2D eigenvalue weighted by atomic mass is 10.1. The van der Waals surface area contributed by atoms with E-state index in [1.807, 2.05) is 6.07 Å². The van der Waals surface area contributed by atoms with Crippen molar-refractivity contribution in [2.75, 3.05) is 25.6 Å². The normalized spacial score (nSPS) is 12.2. The first kappa shape index (κ1) is 20.7. The number of amides is 2. The van der Waals surface area contributed by atoms with Gasteiger partial charge in [0.05, 0.1) is 25.7 Å². The fraction of sp³-hybridized carbons (Fsp3) is 0.350. The van der Waals surface area contributed by atoms with Gasteiger partial charge in [0.1, 0.15) is 5.00 Å². The number of primary amides is 1. The third-order valence-electron chi connectivity index (χ3n) is 4.42. The molecule has 0 fully saturated rings. The molecule has 1 aromatic heterocycles. The minimum absolute atomic E-state index is 0.0227. The minimum atomic E-state index is -0.571. The second-order valence-corrected chi connectivity index (χ2v) is 7.49. The van der Waals surface area contributed by atoms with Gasteiger partial charge < -0.3 is 25.3 Å². The number of hydrogen-bond donors (Lipinski definition) is 2. The number of nitrogens with one attached hydrogen (secondary N) is 1. The zero-order valence-corrected chi connectivity index (χ0v) is 16.8. The topological polar surface area (TPSA) is 117 Å². The van der Waals surface area contributed by atoms with Crippen molar-refractivity contribution in [1.29, 1.82) is 0 Å². The molecule has 0 saturated carbocycles. The number of thiophene rings is 1. The molecule has 1 heterocycles. The highest BCUT2D eigenvalue weighted by atomic mass is 32.1. The number of fused-ring (bicyclic) bond motifs is 1. The van der Waals surface area contributed by atoms with Crippen LogP contribution in [0.25, 0.3) is 0 Å². The molecule has 0 saturated heterocycles. The number of benzene rings is 1. The largest absolute Gasteiger partial charge is 0.493 e. The SMILES string of the molecule is COc1ccccc1OCCC(=O)OCC(=O)Nc1sc2c(c1C(N)=O)CCC2. The summed E-state index contributed by atoms with van der Waals surface area (Å²) >= 11 is 1.35. The summed E-state index contributed by atoms with van der Waals surface area (Å²) in [6.45, 7) is -0.363. The number of ether oxygens (including phenoxy) is 3. The van der Waals surface area contributed by atoms with Crippen molar-refractivity contribution in [2.24, 2.45) is 5.73 Å². The summed E-state index contributed by atoms with van der Waals surface area (Å²) in [6, 6.07) is 7.08. The molecule has 9 heteroatoms. The second kappa shape index (κ2) is 9.42. The minimum Gasteiger partial charge on any atom is -0.493 e. The molecule has 0 spiro atoms. The van der Waals surface area contributed by atoms with Gasteiger partial charge in [-0.2, -0.15) is 0 Å². The van der Waals surface area contributed by atoms with E-state index < -0.39 is 24.4 Å². The highest BCUT2D eigenvalue weighted by Crippen LogP contribution is 2.38. The van der Waals surface area contributed by atoms with E-state index in [1.165, 1.54) is 18.4 Å². The number of carbonyl (C=O) groups is 3. The lowest BCUT2D eigenvalue weighted by molar-refractivity contribution is -0.147. The Balaban J connectivity index is 1.45. The Morgan fingerprint density at radius 2 is 1.93 bits per heavy atom. The number of para-hydroxylation sites is 2. The van der Waals surface area contributed by atoms with Crippen LogP contribution in [0.5, 0.6) is 11.5 Å². The molecule has 29 heavy (non-hydrogen) atoms. The molecule has 3 rings (SSSR count). The van der Waals surface area contributed by atoms with Crippen molar-refractivity contribution in [3.05, 3.63) is 40.3 Å². The van der Waals surface area contributed by atoms with Crippen LogP contribution < -0.4 is 20.5 Å².